The molecule has 2 aromatic heterocycles. The Hall–Kier alpha value is -3.71. The van der Waals surface area contributed by atoms with Crippen LogP contribution >= 0.6 is 11.3 Å². The number of hydrogen-bond acceptors (Lipinski definition) is 5. The average Bonchev–Trinajstić information content (AvgIpc) is 3.49. The maximum Gasteiger partial charge on any atom is 0.244 e. The molecule has 0 spiro atoms. The Morgan fingerprint density at radius 3 is 2.86 bits per heavy atom. The Bertz CT molecular complexity index is 1330. The SMILES string of the molecule is Cc1nc(COc2ccccc2/C=C/C(=O)NC2CCCc3c2cnn3Cc2ccccc2)cs1. The van der Waals surface area contributed by atoms with E-state index in [1.54, 1.807) is 23.5 Å². The van der Waals surface area contributed by atoms with Crippen molar-refractivity contribution in [3.63, 3.8) is 0 Å². The summed E-state index contributed by atoms with van der Waals surface area (Å²) in [6.45, 7) is 3.13. The Balaban J connectivity index is 1.23. The number of nitrogens with one attached hydrogen (secondary N) is 1. The van der Waals surface area contributed by atoms with E-state index in [1.807, 2.05) is 61.0 Å². The predicted octanol–water partition coefficient (Wildman–Crippen LogP) is 5.48. The van der Waals surface area contributed by atoms with Gasteiger partial charge >= 0.3 is 0 Å². The molecule has 35 heavy (non-hydrogen) atoms. The third kappa shape index (κ3) is 5.69. The summed E-state index contributed by atoms with van der Waals surface area (Å²) in [5, 5.41) is 10.8. The highest BCUT2D eigenvalue weighted by atomic mass is 32.1. The van der Waals surface area contributed by atoms with Gasteiger partial charge < -0.3 is 10.1 Å². The van der Waals surface area contributed by atoms with E-state index in [4.69, 9.17) is 4.74 Å². The fourth-order valence-electron chi connectivity index (χ4n) is 4.42. The number of thiazole rings is 1. The van der Waals surface area contributed by atoms with Crippen LogP contribution in [-0.4, -0.2) is 20.7 Å². The molecular weight excluding hydrogens is 456 g/mol. The summed E-state index contributed by atoms with van der Waals surface area (Å²) < 4.78 is 8.03. The van der Waals surface area contributed by atoms with E-state index in [0.29, 0.717) is 6.61 Å². The van der Waals surface area contributed by atoms with Gasteiger partial charge in [0.15, 0.2) is 0 Å². The highest BCUT2D eigenvalue weighted by Crippen LogP contribution is 2.30. The lowest BCUT2D eigenvalue weighted by Gasteiger charge is -2.23. The van der Waals surface area contributed by atoms with Crippen LogP contribution in [0.25, 0.3) is 6.08 Å². The van der Waals surface area contributed by atoms with Crippen molar-refractivity contribution in [1.82, 2.24) is 20.1 Å². The van der Waals surface area contributed by atoms with E-state index in [-0.39, 0.29) is 11.9 Å². The van der Waals surface area contributed by atoms with Gasteiger partial charge in [0.25, 0.3) is 0 Å². The zero-order valence-corrected chi connectivity index (χ0v) is 20.5. The molecule has 1 atom stereocenters. The lowest BCUT2D eigenvalue weighted by Crippen LogP contribution is -2.29. The van der Waals surface area contributed by atoms with E-state index in [0.717, 1.165) is 53.4 Å². The van der Waals surface area contributed by atoms with Gasteiger partial charge in [0.05, 0.1) is 29.5 Å². The molecule has 1 aliphatic rings. The van der Waals surface area contributed by atoms with Crippen LogP contribution in [0, 0.1) is 6.92 Å². The van der Waals surface area contributed by atoms with E-state index in [9.17, 15) is 4.79 Å². The summed E-state index contributed by atoms with van der Waals surface area (Å²) in [5.74, 6) is 0.605. The van der Waals surface area contributed by atoms with Gasteiger partial charge in [-0.3, -0.25) is 9.48 Å². The highest BCUT2D eigenvalue weighted by molar-refractivity contribution is 7.09. The van der Waals surface area contributed by atoms with Gasteiger partial charge in [0.1, 0.15) is 12.4 Å². The standard InChI is InChI=1S/C28H28N4O2S/c1-20-30-23(19-35-20)18-34-27-13-6-5-10-22(27)14-15-28(33)31-25-11-7-12-26-24(25)16-29-32(26)17-21-8-3-2-4-9-21/h2-6,8-10,13-16,19,25H,7,11-12,17-18H2,1H3,(H,31,33)/b15-14+. The minimum Gasteiger partial charge on any atom is -0.487 e. The number of rotatable bonds is 8. The molecular formula is C28H28N4O2S. The maximum absolute atomic E-state index is 12.8. The molecule has 6 nitrogen and oxygen atoms in total. The quantitative estimate of drug-likeness (QED) is 0.336. The number of hydrogen-bond donors (Lipinski definition) is 1. The van der Waals surface area contributed by atoms with E-state index < -0.39 is 0 Å². The molecule has 5 rings (SSSR count). The second-order valence-electron chi connectivity index (χ2n) is 8.66. The molecule has 1 unspecified atom stereocenters. The van der Waals surface area contributed by atoms with Gasteiger partial charge in [-0.2, -0.15) is 5.10 Å². The molecule has 0 saturated heterocycles. The fourth-order valence-corrected chi connectivity index (χ4v) is 5.02. The Labute approximate surface area is 209 Å². The van der Waals surface area contributed by atoms with Gasteiger partial charge in [-0.05, 0) is 43.9 Å². The molecule has 1 N–H and O–H groups in total. The van der Waals surface area contributed by atoms with E-state index in [2.05, 4.69) is 32.2 Å². The smallest absolute Gasteiger partial charge is 0.244 e. The van der Waals surface area contributed by atoms with Crippen LogP contribution in [0.3, 0.4) is 0 Å². The molecule has 0 bridgehead atoms. The Kier molecular flexibility index (Phi) is 7.04. The minimum atomic E-state index is -0.122. The highest BCUT2D eigenvalue weighted by Gasteiger charge is 2.25. The van der Waals surface area contributed by atoms with Crippen LogP contribution in [0.5, 0.6) is 5.75 Å². The number of fused-ring (bicyclic) bond motifs is 1. The fraction of sp³-hybridized carbons (Fsp3) is 0.250. The van der Waals surface area contributed by atoms with Crippen LogP contribution in [0.1, 0.15) is 52.0 Å². The lowest BCUT2D eigenvalue weighted by atomic mass is 9.93. The number of benzene rings is 2. The molecule has 2 aromatic carbocycles. The van der Waals surface area contributed by atoms with Crippen LogP contribution in [-0.2, 0) is 24.4 Å². The van der Waals surface area contributed by atoms with Crippen molar-refractivity contribution in [1.29, 1.82) is 0 Å². The first-order chi connectivity index (χ1) is 17.2. The zero-order valence-electron chi connectivity index (χ0n) is 19.7. The van der Waals surface area contributed by atoms with Gasteiger partial charge in [0, 0.05) is 28.3 Å². The van der Waals surface area contributed by atoms with Crippen molar-refractivity contribution in [2.24, 2.45) is 0 Å². The molecule has 0 saturated carbocycles. The Morgan fingerprint density at radius 1 is 1.20 bits per heavy atom. The molecule has 0 aliphatic heterocycles. The van der Waals surface area contributed by atoms with Crippen molar-refractivity contribution >= 4 is 23.3 Å². The first-order valence-corrected chi connectivity index (χ1v) is 12.7. The van der Waals surface area contributed by atoms with Crippen molar-refractivity contribution in [3.05, 3.63) is 105 Å². The van der Waals surface area contributed by atoms with Crippen molar-refractivity contribution < 1.29 is 9.53 Å². The number of amides is 1. The lowest BCUT2D eigenvalue weighted by molar-refractivity contribution is -0.117. The number of aryl methyl sites for hydroxylation is 1. The van der Waals surface area contributed by atoms with Gasteiger partial charge in [0.2, 0.25) is 5.91 Å². The predicted molar refractivity (Wildman–Crippen MR) is 138 cm³/mol. The van der Waals surface area contributed by atoms with Gasteiger partial charge in [-0.25, -0.2) is 4.98 Å². The summed E-state index contributed by atoms with van der Waals surface area (Å²) in [4.78, 5) is 17.3. The zero-order chi connectivity index (χ0) is 24.0. The van der Waals surface area contributed by atoms with Gasteiger partial charge in [-0.1, -0.05) is 48.5 Å². The third-order valence-electron chi connectivity index (χ3n) is 6.13. The number of aromatic nitrogens is 3. The molecule has 0 radical (unpaired) electrons. The summed E-state index contributed by atoms with van der Waals surface area (Å²) >= 11 is 1.61. The van der Waals surface area contributed by atoms with Crippen LogP contribution in [0.2, 0.25) is 0 Å². The topological polar surface area (TPSA) is 69.0 Å². The number of carbonyl (C=O) groups excluding carboxylic acids is 1. The van der Waals surface area contributed by atoms with E-state index >= 15 is 0 Å². The number of para-hydroxylation sites is 1. The number of nitrogens with zero attached hydrogens (tertiary/aromatic N) is 3. The molecule has 1 amide bonds. The number of carbonyl (C=O) groups is 1. The molecule has 0 fully saturated rings. The van der Waals surface area contributed by atoms with E-state index in [1.165, 1.54) is 11.3 Å². The van der Waals surface area contributed by atoms with Crippen LogP contribution < -0.4 is 10.1 Å². The monoisotopic (exact) mass is 484 g/mol. The molecule has 1 aliphatic carbocycles. The first kappa shape index (κ1) is 23.1. The average molecular weight is 485 g/mol. The molecule has 4 aromatic rings. The number of ether oxygens (including phenoxy) is 1. The summed E-state index contributed by atoms with van der Waals surface area (Å²) in [5.41, 5.74) is 5.32. The molecule has 178 valence electrons. The van der Waals surface area contributed by atoms with Crippen molar-refractivity contribution in [2.75, 3.05) is 0 Å². The van der Waals surface area contributed by atoms with Crippen molar-refractivity contribution in [2.45, 2.75) is 45.4 Å². The minimum absolute atomic E-state index is 0.0279. The second-order valence-corrected chi connectivity index (χ2v) is 9.72. The summed E-state index contributed by atoms with van der Waals surface area (Å²) in [7, 11) is 0. The molecule has 7 heteroatoms. The first-order valence-electron chi connectivity index (χ1n) is 11.9. The Morgan fingerprint density at radius 2 is 2.03 bits per heavy atom. The maximum atomic E-state index is 12.8. The van der Waals surface area contributed by atoms with Crippen LogP contribution in [0.4, 0.5) is 0 Å². The summed E-state index contributed by atoms with van der Waals surface area (Å²) in [6, 6.07) is 18.0. The second kappa shape index (κ2) is 10.7. The van der Waals surface area contributed by atoms with Crippen LogP contribution in [0.15, 0.2) is 72.3 Å². The third-order valence-corrected chi connectivity index (χ3v) is 6.95. The summed E-state index contributed by atoms with van der Waals surface area (Å²) in [6.07, 6.45) is 8.21. The molecule has 2 heterocycles. The largest absolute Gasteiger partial charge is 0.487 e. The normalized spacial score (nSPS) is 15.2. The van der Waals surface area contributed by atoms with Gasteiger partial charge in [-0.15, -0.1) is 11.3 Å². The van der Waals surface area contributed by atoms with Crippen molar-refractivity contribution in [3.8, 4) is 5.75 Å².